The number of carbonyl (C=O) groups excluding carboxylic acids is 2. The number of anilines is 1. The van der Waals surface area contributed by atoms with E-state index in [4.69, 9.17) is 4.74 Å². The minimum absolute atomic E-state index is 0.201. The van der Waals surface area contributed by atoms with Crippen LogP contribution in [0.3, 0.4) is 0 Å². The summed E-state index contributed by atoms with van der Waals surface area (Å²) in [5.74, 6) is 0.0186. The molecule has 0 radical (unpaired) electrons. The highest BCUT2D eigenvalue weighted by atomic mass is 32.2. The highest BCUT2D eigenvalue weighted by molar-refractivity contribution is 7.99. The second kappa shape index (κ2) is 8.48. The average Bonchev–Trinajstić information content (AvgIpc) is 2.97. The second-order valence-electron chi connectivity index (χ2n) is 7.19. The number of methoxy groups -OCH3 is 1. The molecule has 144 valence electrons. The number of amides is 1. The third-order valence-corrected chi connectivity index (χ3v) is 6.80. The molecule has 2 aromatic rings. The van der Waals surface area contributed by atoms with Gasteiger partial charge in [-0.2, -0.15) is 0 Å². The number of thioether (sulfide) groups is 1. The summed E-state index contributed by atoms with van der Waals surface area (Å²) in [6, 6.07) is 7.57. The molecule has 1 aliphatic carbocycles. The summed E-state index contributed by atoms with van der Waals surface area (Å²) < 4.78 is 4.98. The summed E-state index contributed by atoms with van der Waals surface area (Å²) in [5, 5.41) is 4.04. The van der Waals surface area contributed by atoms with E-state index in [-0.39, 0.29) is 11.9 Å². The first-order valence-corrected chi connectivity index (χ1v) is 10.9. The number of thiophene rings is 1. The zero-order valence-corrected chi connectivity index (χ0v) is 17.8. The third-order valence-electron chi connectivity index (χ3n) is 4.62. The lowest BCUT2D eigenvalue weighted by Gasteiger charge is -2.18. The van der Waals surface area contributed by atoms with Crippen molar-refractivity contribution in [3.05, 3.63) is 45.8 Å². The lowest BCUT2D eigenvalue weighted by molar-refractivity contribution is 0.0601. The van der Waals surface area contributed by atoms with E-state index < -0.39 is 0 Å². The Hall–Kier alpha value is -1.79. The van der Waals surface area contributed by atoms with E-state index in [0.717, 1.165) is 29.7 Å². The molecule has 0 spiro atoms. The summed E-state index contributed by atoms with van der Waals surface area (Å²) >= 11 is 3.27. The van der Waals surface area contributed by atoms with Gasteiger partial charge in [0.05, 0.1) is 12.7 Å². The molecule has 1 amide bonds. The minimum atomic E-state index is -0.374. The Labute approximate surface area is 168 Å². The van der Waals surface area contributed by atoms with Crippen LogP contribution in [0.15, 0.2) is 29.2 Å². The van der Waals surface area contributed by atoms with Crippen molar-refractivity contribution >= 4 is 40.0 Å². The molecule has 1 aromatic carbocycles. The van der Waals surface area contributed by atoms with Crippen molar-refractivity contribution in [3.8, 4) is 0 Å². The van der Waals surface area contributed by atoms with Crippen molar-refractivity contribution < 1.29 is 14.3 Å². The number of hydrogen-bond donors (Lipinski definition) is 1. The maximum atomic E-state index is 12.7. The fourth-order valence-corrected chi connectivity index (χ4v) is 5.52. The summed E-state index contributed by atoms with van der Waals surface area (Å²) in [4.78, 5) is 27.4. The molecule has 3 rings (SSSR count). The van der Waals surface area contributed by atoms with Gasteiger partial charge in [-0.05, 0) is 55.0 Å². The number of carbonyl (C=O) groups is 2. The molecular weight excluding hydrogens is 378 g/mol. The van der Waals surface area contributed by atoms with Crippen LogP contribution in [0.5, 0.6) is 0 Å². The molecular formula is C21H25NO3S2. The molecule has 1 aromatic heterocycles. The molecule has 0 saturated heterocycles. The van der Waals surface area contributed by atoms with E-state index in [0.29, 0.717) is 27.3 Å². The van der Waals surface area contributed by atoms with Crippen LogP contribution in [-0.2, 0) is 17.6 Å². The van der Waals surface area contributed by atoms with Gasteiger partial charge in [-0.25, -0.2) is 4.79 Å². The summed E-state index contributed by atoms with van der Waals surface area (Å²) in [5.41, 5.74) is 2.16. The van der Waals surface area contributed by atoms with Crippen molar-refractivity contribution in [1.82, 2.24) is 0 Å². The maximum Gasteiger partial charge on any atom is 0.341 e. The van der Waals surface area contributed by atoms with Gasteiger partial charge in [-0.1, -0.05) is 20.8 Å². The van der Waals surface area contributed by atoms with Gasteiger partial charge in [0.1, 0.15) is 5.00 Å². The predicted molar refractivity (Wildman–Crippen MR) is 112 cm³/mol. The molecule has 27 heavy (non-hydrogen) atoms. The monoisotopic (exact) mass is 403 g/mol. The Kier molecular flexibility index (Phi) is 6.27. The van der Waals surface area contributed by atoms with Gasteiger partial charge in [-0.15, -0.1) is 23.1 Å². The molecule has 1 aliphatic rings. The van der Waals surface area contributed by atoms with Crippen molar-refractivity contribution in [2.24, 2.45) is 5.92 Å². The van der Waals surface area contributed by atoms with Crippen molar-refractivity contribution in [1.29, 1.82) is 0 Å². The lowest BCUT2D eigenvalue weighted by atomic mass is 9.88. The first-order chi connectivity index (χ1) is 12.9. The van der Waals surface area contributed by atoms with Gasteiger partial charge in [0.25, 0.3) is 5.91 Å². The molecule has 1 N–H and O–H groups in total. The summed E-state index contributed by atoms with van der Waals surface area (Å²) in [6.07, 6.45) is 2.85. The van der Waals surface area contributed by atoms with Crippen molar-refractivity contribution in [2.75, 3.05) is 12.4 Å². The Morgan fingerprint density at radius 2 is 1.96 bits per heavy atom. The fourth-order valence-electron chi connectivity index (χ4n) is 3.29. The predicted octanol–water partition coefficient (Wildman–Crippen LogP) is 5.41. The molecule has 6 heteroatoms. The van der Waals surface area contributed by atoms with Crippen LogP contribution in [-0.4, -0.2) is 24.2 Å². The van der Waals surface area contributed by atoms with Gasteiger partial charge >= 0.3 is 5.97 Å². The van der Waals surface area contributed by atoms with Crippen molar-refractivity contribution in [3.63, 3.8) is 0 Å². The van der Waals surface area contributed by atoms with Gasteiger partial charge in [-0.3, -0.25) is 4.79 Å². The van der Waals surface area contributed by atoms with Crippen LogP contribution in [0.1, 0.15) is 58.3 Å². The Morgan fingerprint density at radius 3 is 2.59 bits per heavy atom. The normalized spacial score (nSPS) is 16.1. The van der Waals surface area contributed by atoms with Crippen molar-refractivity contribution in [2.45, 2.75) is 50.2 Å². The Bertz CT molecular complexity index is 840. The standard InChI is InChI=1S/C21H25NO3S2/c1-12(2)26-15-8-6-14(7-9-15)19(23)22-20-18(21(24)25-4)16-10-5-13(3)11-17(16)27-20/h6-9,12-13H,5,10-11H2,1-4H3,(H,22,23)/t13-/m1/s1. The molecule has 0 aliphatic heterocycles. The van der Waals surface area contributed by atoms with E-state index in [1.165, 1.54) is 23.3 Å². The third kappa shape index (κ3) is 4.55. The topological polar surface area (TPSA) is 55.4 Å². The Balaban J connectivity index is 1.84. The fraction of sp³-hybridized carbons (Fsp3) is 0.429. The van der Waals surface area contributed by atoms with Gasteiger partial charge in [0, 0.05) is 20.6 Å². The van der Waals surface area contributed by atoms with Crippen LogP contribution in [0.4, 0.5) is 5.00 Å². The number of nitrogens with one attached hydrogen (secondary N) is 1. The lowest BCUT2D eigenvalue weighted by Crippen LogP contribution is -2.16. The van der Waals surface area contributed by atoms with Gasteiger partial charge in [0.15, 0.2) is 0 Å². The molecule has 1 atom stereocenters. The van der Waals surface area contributed by atoms with E-state index in [1.807, 2.05) is 24.3 Å². The van der Waals surface area contributed by atoms with E-state index in [2.05, 4.69) is 26.1 Å². The van der Waals surface area contributed by atoms with Crippen LogP contribution < -0.4 is 5.32 Å². The number of hydrogen-bond acceptors (Lipinski definition) is 5. The first kappa shape index (κ1) is 20.0. The Morgan fingerprint density at radius 1 is 1.26 bits per heavy atom. The van der Waals surface area contributed by atoms with E-state index in [1.54, 1.807) is 11.8 Å². The highest BCUT2D eigenvalue weighted by Crippen LogP contribution is 2.40. The van der Waals surface area contributed by atoms with Gasteiger partial charge < -0.3 is 10.1 Å². The zero-order valence-electron chi connectivity index (χ0n) is 16.1. The summed E-state index contributed by atoms with van der Waals surface area (Å²) in [7, 11) is 1.38. The molecule has 4 nitrogen and oxygen atoms in total. The van der Waals surface area contributed by atoms with Gasteiger partial charge in [0.2, 0.25) is 0 Å². The largest absolute Gasteiger partial charge is 0.465 e. The second-order valence-corrected chi connectivity index (χ2v) is 9.95. The molecule has 0 saturated carbocycles. The minimum Gasteiger partial charge on any atom is -0.465 e. The first-order valence-electron chi connectivity index (χ1n) is 9.20. The van der Waals surface area contributed by atoms with E-state index in [9.17, 15) is 9.59 Å². The van der Waals surface area contributed by atoms with Crippen LogP contribution in [0.2, 0.25) is 0 Å². The average molecular weight is 404 g/mol. The molecule has 1 heterocycles. The SMILES string of the molecule is COC(=O)c1c(NC(=O)c2ccc(SC(C)C)cc2)sc2c1CC[C@@H](C)C2. The number of fused-ring (bicyclic) bond motifs is 1. The van der Waals surface area contributed by atoms with Crippen LogP contribution in [0, 0.1) is 5.92 Å². The van der Waals surface area contributed by atoms with E-state index >= 15 is 0 Å². The summed E-state index contributed by atoms with van der Waals surface area (Å²) in [6.45, 7) is 6.49. The number of esters is 1. The highest BCUT2D eigenvalue weighted by Gasteiger charge is 2.29. The number of rotatable bonds is 5. The number of benzene rings is 1. The molecule has 0 fully saturated rings. The molecule has 0 bridgehead atoms. The van der Waals surface area contributed by atoms with Crippen LogP contribution in [0.25, 0.3) is 0 Å². The number of ether oxygens (including phenoxy) is 1. The van der Waals surface area contributed by atoms with Crippen LogP contribution >= 0.6 is 23.1 Å². The molecule has 0 unspecified atom stereocenters. The maximum absolute atomic E-state index is 12.7. The zero-order chi connectivity index (χ0) is 19.6. The quantitative estimate of drug-likeness (QED) is 0.535. The smallest absolute Gasteiger partial charge is 0.341 e.